The van der Waals surface area contributed by atoms with Gasteiger partial charge in [0.25, 0.3) is 0 Å². The lowest BCUT2D eigenvalue weighted by molar-refractivity contribution is 0.309. The first-order chi connectivity index (χ1) is 8.43. The van der Waals surface area contributed by atoms with Crippen LogP contribution in [0.25, 0.3) is 0 Å². The standard InChI is InChI=1S/C15H20N2.2ClH/c1-3-11-4-2-8-17-10-12-6-7-16-9-14(12)13(5-1)15(11)17;;/h1,3,5,12,14,16H,2,4,6-10H2;2*1H/t12-,14-;;/m1../s1. The van der Waals surface area contributed by atoms with E-state index in [0.29, 0.717) is 0 Å². The summed E-state index contributed by atoms with van der Waals surface area (Å²) in [6.07, 6.45) is 3.97. The van der Waals surface area contributed by atoms with Crippen LogP contribution in [0, 0.1) is 5.92 Å². The summed E-state index contributed by atoms with van der Waals surface area (Å²) in [5.41, 5.74) is 4.83. The number of rotatable bonds is 0. The molecule has 19 heavy (non-hydrogen) atoms. The summed E-state index contributed by atoms with van der Waals surface area (Å²) in [7, 11) is 0. The van der Waals surface area contributed by atoms with Crippen LogP contribution in [0.4, 0.5) is 5.69 Å². The number of nitrogens with zero attached hydrogens (tertiary/aromatic N) is 1. The molecule has 2 nitrogen and oxygen atoms in total. The zero-order valence-electron chi connectivity index (χ0n) is 11.1. The van der Waals surface area contributed by atoms with E-state index in [9.17, 15) is 0 Å². The van der Waals surface area contributed by atoms with E-state index >= 15 is 0 Å². The fraction of sp³-hybridized carbons (Fsp3) is 0.600. The van der Waals surface area contributed by atoms with E-state index in [1.165, 1.54) is 45.4 Å². The third-order valence-corrected chi connectivity index (χ3v) is 4.82. The van der Waals surface area contributed by atoms with Gasteiger partial charge in [0, 0.05) is 31.2 Å². The average molecular weight is 301 g/mol. The van der Waals surface area contributed by atoms with Crippen LogP contribution in [0.5, 0.6) is 0 Å². The number of hydrogen-bond acceptors (Lipinski definition) is 2. The van der Waals surface area contributed by atoms with E-state index in [1.54, 1.807) is 16.8 Å². The van der Waals surface area contributed by atoms with Crippen LogP contribution < -0.4 is 10.2 Å². The lowest BCUT2D eigenvalue weighted by Crippen LogP contribution is -2.47. The predicted octanol–water partition coefficient (Wildman–Crippen LogP) is 2.99. The van der Waals surface area contributed by atoms with Crippen molar-refractivity contribution in [1.82, 2.24) is 5.32 Å². The second kappa shape index (κ2) is 5.90. The van der Waals surface area contributed by atoms with E-state index in [-0.39, 0.29) is 24.8 Å². The van der Waals surface area contributed by atoms with Gasteiger partial charge in [-0.05, 0) is 42.9 Å². The SMILES string of the molecule is Cl.Cl.c1cc2c3c(c1)[C@@H]1CNCC[C@@H]1CN3CCC2. The fourth-order valence-corrected chi connectivity index (χ4v) is 4.03. The van der Waals surface area contributed by atoms with Gasteiger partial charge in [-0.2, -0.15) is 0 Å². The highest BCUT2D eigenvalue weighted by Crippen LogP contribution is 2.44. The molecule has 2 atom stereocenters. The third kappa shape index (κ3) is 2.35. The van der Waals surface area contributed by atoms with Crippen LogP contribution in [0.1, 0.15) is 29.9 Å². The van der Waals surface area contributed by atoms with Gasteiger partial charge in [0.05, 0.1) is 0 Å². The van der Waals surface area contributed by atoms with Crippen molar-refractivity contribution in [3.05, 3.63) is 29.3 Å². The first-order valence-electron chi connectivity index (χ1n) is 7.01. The molecule has 106 valence electrons. The molecule has 3 aliphatic heterocycles. The van der Waals surface area contributed by atoms with Crippen LogP contribution in [0.2, 0.25) is 0 Å². The summed E-state index contributed by atoms with van der Waals surface area (Å²) in [6, 6.07) is 6.98. The van der Waals surface area contributed by atoms with Gasteiger partial charge in [-0.3, -0.25) is 0 Å². The van der Waals surface area contributed by atoms with E-state index in [2.05, 4.69) is 28.4 Å². The van der Waals surface area contributed by atoms with Crippen molar-refractivity contribution in [3.8, 4) is 0 Å². The molecular formula is C15H22Cl2N2. The Morgan fingerprint density at radius 2 is 2.11 bits per heavy atom. The molecule has 1 saturated heterocycles. The summed E-state index contributed by atoms with van der Waals surface area (Å²) < 4.78 is 0. The van der Waals surface area contributed by atoms with Crippen LogP contribution in [0.3, 0.4) is 0 Å². The van der Waals surface area contributed by atoms with Crippen molar-refractivity contribution < 1.29 is 0 Å². The molecule has 1 aromatic rings. The Morgan fingerprint density at radius 1 is 1.21 bits per heavy atom. The number of halogens is 2. The van der Waals surface area contributed by atoms with Crippen molar-refractivity contribution in [2.45, 2.75) is 25.2 Å². The number of hydrogen-bond donors (Lipinski definition) is 1. The van der Waals surface area contributed by atoms with Gasteiger partial charge in [-0.15, -0.1) is 24.8 Å². The lowest BCUT2D eigenvalue weighted by Gasteiger charge is -2.46. The molecule has 0 amide bonds. The minimum atomic E-state index is 0. The van der Waals surface area contributed by atoms with Crippen LogP contribution in [0.15, 0.2) is 18.2 Å². The molecule has 0 saturated carbocycles. The van der Waals surface area contributed by atoms with Crippen molar-refractivity contribution >= 4 is 30.5 Å². The molecule has 3 heterocycles. The zero-order valence-corrected chi connectivity index (χ0v) is 12.7. The highest BCUT2D eigenvalue weighted by atomic mass is 35.5. The third-order valence-electron chi connectivity index (χ3n) is 4.82. The van der Waals surface area contributed by atoms with Gasteiger partial charge in [-0.25, -0.2) is 0 Å². The summed E-state index contributed by atoms with van der Waals surface area (Å²) in [4.78, 5) is 2.67. The molecule has 0 aromatic heterocycles. The van der Waals surface area contributed by atoms with Crippen molar-refractivity contribution in [2.75, 3.05) is 31.1 Å². The van der Waals surface area contributed by atoms with Gasteiger partial charge in [-0.1, -0.05) is 18.2 Å². The Bertz CT molecular complexity index is 450. The Kier molecular flexibility index (Phi) is 4.65. The van der Waals surface area contributed by atoms with Crippen molar-refractivity contribution in [2.24, 2.45) is 5.92 Å². The molecule has 0 spiro atoms. The topological polar surface area (TPSA) is 15.3 Å². The monoisotopic (exact) mass is 300 g/mol. The molecule has 0 aliphatic carbocycles. The van der Waals surface area contributed by atoms with Crippen LogP contribution >= 0.6 is 24.8 Å². The maximum atomic E-state index is 3.58. The van der Waals surface area contributed by atoms with Gasteiger partial charge in [0.2, 0.25) is 0 Å². The molecule has 0 unspecified atom stereocenters. The van der Waals surface area contributed by atoms with Gasteiger partial charge in [0.1, 0.15) is 0 Å². The molecule has 0 bridgehead atoms. The number of fused-ring (bicyclic) bond motifs is 2. The number of benzene rings is 1. The first-order valence-corrected chi connectivity index (χ1v) is 7.01. The first kappa shape index (κ1) is 15.0. The van der Waals surface area contributed by atoms with E-state index in [0.717, 1.165) is 11.8 Å². The maximum absolute atomic E-state index is 3.58. The second-order valence-corrected chi connectivity index (χ2v) is 5.76. The number of nitrogens with one attached hydrogen (secondary N) is 1. The molecule has 4 heteroatoms. The van der Waals surface area contributed by atoms with Crippen molar-refractivity contribution in [1.29, 1.82) is 0 Å². The quantitative estimate of drug-likeness (QED) is 0.792. The van der Waals surface area contributed by atoms with Crippen LogP contribution in [-0.2, 0) is 6.42 Å². The van der Waals surface area contributed by atoms with E-state index in [1.807, 2.05) is 0 Å². The minimum absolute atomic E-state index is 0. The Morgan fingerprint density at radius 3 is 3.00 bits per heavy atom. The number of piperidine rings is 1. The fourth-order valence-electron chi connectivity index (χ4n) is 4.03. The molecule has 3 aliphatic rings. The number of aryl methyl sites for hydroxylation is 1. The highest BCUT2D eigenvalue weighted by molar-refractivity contribution is 5.85. The van der Waals surface area contributed by atoms with Crippen molar-refractivity contribution in [3.63, 3.8) is 0 Å². The Balaban J connectivity index is 0.000000667. The van der Waals surface area contributed by atoms with Gasteiger partial charge < -0.3 is 10.2 Å². The second-order valence-electron chi connectivity index (χ2n) is 5.76. The van der Waals surface area contributed by atoms with Crippen LogP contribution in [-0.4, -0.2) is 26.2 Å². The minimum Gasteiger partial charge on any atom is -0.371 e. The smallest absolute Gasteiger partial charge is 0.0434 e. The number of para-hydroxylation sites is 1. The molecule has 1 aromatic carbocycles. The summed E-state index contributed by atoms with van der Waals surface area (Å²) >= 11 is 0. The summed E-state index contributed by atoms with van der Waals surface area (Å²) in [6.45, 7) is 4.98. The molecule has 0 radical (unpaired) electrons. The van der Waals surface area contributed by atoms with E-state index in [4.69, 9.17) is 0 Å². The lowest BCUT2D eigenvalue weighted by atomic mass is 9.75. The highest BCUT2D eigenvalue weighted by Gasteiger charge is 2.36. The Labute approximate surface area is 127 Å². The van der Waals surface area contributed by atoms with Gasteiger partial charge >= 0.3 is 0 Å². The maximum Gasteiger partial charge on any atom is 0.0434 e. The molecule has 1 N–H and O–H groups in total. The van der Waals surface area contributed by atoms with Gasteiger partial charge in [0.15, 0.2) is 0 Å². The Hall–Kier alpha value is -0.440. The predicted molar refractivity (Wildman–Crippen MR) is 85.2 cm³/mol. The molecular weight excluding hydrogens is 279 g/mol. The summed E-state index contributed by atoms with van der Waals surface area (Å²) in [5, 5.41) is 3.58. The normalized spacial score (nSPS) is 27.5. The number of anilines is 1. The largest absolute Gasteiger partial charge is 0.371 e. The van der Waals surface area contributed by atoms with E-state index < -0.39 is 0 Å². The summed E-state index contributed by atoms with van der Waals surface area (Å²) in [5.74, 6) is 1.66. The molecule has 4 rings (SSSR count). The molecule has 1 fully saturated rings. The average Bonchev–Trinajstić information content (AvgIpc) is 2.39. The zero-order chi connectivity index (χ0) is 11.2.